The van der Waals surface area contributed by atoms with Crippen LogP contribution in [-0.2, 0) is 25.3 Å². The molecule has 1 aromatic carbocycles. The van der Waals surface area contributed by atoms with Gasteiger partial charge in [-0.3, -0.25) is 4.79 Å². The minimum absolute atomic E-state index is 0.00735. The molecule has 0 N–H and O–H groups in total. The van der Waals surface area contributed by atoms with E-state index in [2.05, 4.69) is 33.9 Å². The van der Waals surface area contributed by atoms with Crippen molar-refractivity contribution in [2.24, 2.45) is 0 Å². The van der Waals surface area contributed by atoms with E-state index < -0.39 is 20.5 Å². The Labute approximate surface area is 170 Å². The fourth-order valence-corrected chi connectivity index (χ4v) is 4.24. The van der Waals surface area contributed by atoms with E-state index in [-0.39, 0.29) is 16.9 Å². The van der Waals surface area contributed by atoms with Crippen LogP contribution in [0.3, 0.4) is 0 Å². The maximum Gasteiger partial charge on any atom is 0.193 e. The molecule has 0 fully saturated rings. The van der Waals surface area contributed by atoms with E-state index in [0.29, 0.717) is 6.61 Å². The predicted molar refractivity (Wildman–Crippen MR) is 113 cm³/mol. The van der Waals surface area contributed by atoms with Gasteiger partial charge in [-0.25, -0.2) is 0 Å². The normalized spacial score (nSPS) is 23.5. The second-order valence-electron chi connectivity index (χ2n) is 8.87. The van der Waals surface area contributed by atoms with Crippen molar-refractivity contribution in [3.05, 3.63) is 41.5 Å². The summed E-state index contributed by atoms with van der Waals surface area (Å²) in [6, 6.07) is 7.70. The summed E-state index contributed by atoms with van der Waals surface area (Å²) in [6.07, 6.45) is 0.177. The van der Waals surface area contributed by atoms with Crippen molar-refractivity contribution in [1.82, 2.24) is 0 Å². The molecule has 5 nitrogen and oxygen atoms in total. The lowest BCUT2D eigenvalue weighted by Gasteiger charge is -2.43. The Morgan fingerprint density at radius 2 is 1.64 bits per heavy atom. The molecule has 6 heteroatoms. The lowest BCUT2D eigenvalue weighted by Crippen LogP contribution is -2.55. The molecule has 0 aromatic heterocycles. The summed E-state index contributed by atoms with van der Waals surface area (Å²) < 4.78 is 23.6. The van der Waals surface area contributed by atoms with Gasteiger partial charge in [-0.1, -0.05) is 32.9 Å². The first kappa shape index (κ1) is 22.8. The molecular weight excluding hydrogens is 372 g/mol. The predicted octanol–water partition coefficient (Wildman–Crippen LogP) is 4.51. The van der Waals surface area contributed by atoms with Crippen molar-refractivity contribution >= 4 is 14.1 Å². The number of hydrogen-bond acceptors (Lipinski definition) is 5. The number of rotatable bonds is 7. The summed E-state index contributed by atoms with van der Waals surface area (Å²) in [5.74, 6) is 0.750. The molecule has 3 atom stereocenters. The molecule has 0 amide bonds. The summed E-state index contributed by atoms with van der Waals surface area (Å²) in [6.45, 7) is 13.0. The van der Waals surface area contributed by atoms with E-state index in [1.807, 2.05) is 31.2 Å². The zero-order valence-corrected chi connectivity index (χ0v) is 19.4. The van der Waals surface area contributed by atoms with Crippen LogP contribution in [0.4, 0.5) is 0 Å². The van der Waals surface area contributed by atoms with Gasteiger partial charge in [0.15, 0.2) is 14.1 Å². The Hall–Kier alpha value is -1.47. The van der Waals surface area contributed by atoms with Gasteiger partial charge in [-0.2, -0.15) is 0 Å². The zero-order chi connectivity index (χ0) is 21.1. The van der Waals surface area contributed by atoms with Crippen molar-refractivity contribution in [1.29, 1.82) is 0 Å². The third kappa shape index (κ3) is 5.11. The highest BCUT2D eigenvalue weighted by atomic mass is 28.4. The first-order valence-electron chi connectivity index (χ1n) is 9.67. The molecule has 2 rings (SSSR count). The van der Waals surface area contributed by atoms with Crippen LogP contribution in [0.2, 0.25) is 18.1 Å². The SMILES string of the molecule is COc1ccc(CO[C@H]2[C@H](O[Si](C)(C)C(C)(C)C)C(=O)C=C(C)[C@H]2OC)cc1. The van der Waals surface area contributed by atoms with Crippen LogP contribution in [0.15, 0.2) is 35.9 Å². The first-order valence-corrected chi connectivity index (χ1v) is 12.6. The lowest BCUT2D eigenvalue weighted by atomic mass is 9.91. The standard InChI is InChI=1S/C22H34O5Si/c1-15-13-18(23)20(27-28(7,8)22(2,3)4)21(19(15)25-6)26-14-16-9-11-17(24-5)12-10-16/h9-13,19-21H,14H2,1-8H3/t19-,20-,21-/m1/s1. The molecule has 0 unspecified atom stereocenters. The molecule has 0 spiro atoms. The van der Waals surface area contributed by atoms with Gasteiger partial charge in [0.05, 0.1) is 13.7 Å². The Morgan fingerprint density at radius 3 is 2.14 bits per heavy atom. The zero-order valence-electron chi connectivity index (χ0n) is 18.4. The molecule has 0 saturated heterocycles. The highest BCUT2D eigenvalue weighted by Gasteiger charge is 2.47. The molecule has 1 aromatic rings. The maximum atomic E-state index is 12.8. The van der Waals surface area contributed by atoms with E-state index in [4.69, 9.17) is 18.6 Å². The molecule has 1 aliphatic rings. The molecule has 0 saturated carbocycles. The quantitative estimate of drug-likeness (QED) is 0.624. The highest BCUT2D eigenvalue weighted by Crippen LogP contribution is 2.39. The third-order valence-corrected chi connectivity index (χ3v) is 10.2. The number of ketones is 1. The summed E-state index contributed by atoms with van der Waals surface area (Å²) in [4.78, 5) is 12.8. The fourth-order valence-electron chi connectivity index (χ4n) is 3.00. The largest absolute Gasteiger partial charge is 0.497 e. The minimum Gasteiger partial charge on any atom is -0.497 e. The molecule has 0 heterocycles. The Bertz CT molecular complexity index is 703. The van der Waals surface area contributed by atoms with Crippen LogP contribution in [0.25, 0.3) is 0 Å². The van der Waals surface area contributed by atoms with Crippen LogP contribution in [0.5, 0.6) is 5.75 Å². The number of ether oxygens (including phenoxy) is 3. The third-order valence-electron chi connectivity index (χ3n) is 5.78. The van der Waals surface area contributed by atoms with Crippen LogP contribution in [0, 0.1) is 0 Å². The van der Waals surface area contributed by atoms with Crippen molar-refractivity contribution < 1.29 is 23.4 Å². The van der Waals surface area contributed by atoms with Gasteiger partial charge in [0.2, 0.25) is 0 Å². The van der Waals surface area contributed by atoms with E-state index in [1.54, 1.807) is 20.3 Å². The maximum absolute atomic E-state index is 12.8. The Kier molecular flexibility index (Phi) is 7.25. The molecule has 0 aliphatic heterocycles. The Balaban J connectivity index is 2.25. The van der Waals surface area contributed by atoms with E-state index >= 15 is 0 Å². The number of methoxy groups -OCH3 is 2. The molecule has 1 aliphatic carbocycles. The Morgan fingerprint density at radius 1 is 1.04 bits per heavy atom. The average Bonchev–Trinajstić information content (AvgIpc) is 2.62. The van der Waals surface area contributed by atoms with E-state index in [9.17, 15) is 4.79 Å². The fraction of sp³-hybridized carbons (Fsp3) is 0.591. The summed E-state index contributed by atoms with van der Waals surface area (Å²) in [5, 5.41) is -0.00735. The van der Waals surface area contributed by atoms with Crippen LogP contribution in [0.1, 0.15) is 33.3 Å². The molecule has 0 radical (unpaired) electrons. The van der Waals surface area contributed by atoms with Gasteiger partial charge in [-0.15, -0.1) is 0 Å². The average molecular weight is 407 g/mol. The summed E-state index contributed by atoms with van der Waals surface area (Å²) in [5.41, 5.74) is 1.86. The highest BCUT2D eigenvalue weighted by molar-refractivity contribution is 6.74. The van der Waals surface area contributed by atoms with Gasteiger partial charge in [-0.05, 0) is 54.4 Å². The topological polar surface area (TPSA) is 54.0 Å². The first-order chi connectivity index (χ1) is 13.0. The summed E-state index contributed by atoms with van der Waals surface area (Å²) in [7, 11) is 1.12. The minimum atomic E-state index is -2.16. The van der Waals surface area contributed by atoms with Crippen molar-refractivity contribution in [3.8, 4) is 5.75 Å². The van der Waals surface area contributed by atoms with Crippen LogP contribution >= 0.6 is 0 Å². The molecule has 28 heavy (non-hydrogen) atoms. The van der Waals surface area contributed by atoms with Gasteiger partial charge < -0.3 is 18.6 Å². The van der Waals surface area contributed by atoms with Crippen LogP contribution in [-0.4, -0.2) is 46.6 Å². The van der Waals surface area contributed by atoms with Crippen molar-refractivity contribution in [2.75, 3.05) is 14.2 Å². The number of carbonyl (C=O) groups is 1. The summed E-state index contributed by atoms with van der Waals surface area (Å²) >= 11 is 0. The van der Waals surface area contributed by atoms with Crippen LogP contribution < -0.4 is 4.74 Å². The second kappa shape index (κ2) is 8.90. The number of benzene rings is 1. The second-order valence-corrected chi connectivity index (χ2v) is 13.6. The molecular formula is C22H34O5Si. The van der Waals surface area contributed by atoms with Gasteiger partial charge >= 0.3 is 0 Å². The van der Waals surface area contributed by atoms with Crippen molar-refractivity contribution in [3.63, 3.8) is 0 Å². The van der Waals surface area contributed by atoms with Gasteiger partial charge in [0.1, 0.15) is 24.1 Å². The van der Waals surface area contributed by atoms with E-state index in [1.165, 1.54) is 0 Å². The molecule has 0 bridgehead atoms. The lowest BCUT2D eigenvalue weighted by molar-refractivity contribution is -0.143. The monoisotopic (exact) mass is 406 g/mol. The van der Waals surface area contributed by atoms with E-state index in [0.717, 1.165) is 16.9 Å². The molecule has 156 valence electrons. The van der Waals surface area contributed by atoms with Gasteiger partial charge in [0.25, 0.3) is 0 Å². The van der Waals surface area contributed by atoms with Crippen molar-refractivity contribution in [2.45, 2.75) is 70.7 Å². The number of carbonyl (C=O) groups excluding carboxylic acids is 1. The smallest absolute Gasteiger partial charge is 0.193 e. The number of hydrogen-bond donors (Lipinski definition) is 0. The van der Waals surface area contributed by atoms with Gasteiger partial charge in [0, 0.05) is 7.11 Å².